The van der Waals surface area contributed by atoms with E-state index < -0.39 is 6.04 Å². The Bertz CT molecular complexity index is 869. The fourth-order valence-electron chi connectivity index (χ4n) is 4.92. The standard InChI is InChI=1S/C24H32N4O2S/c1-16(2)17-11-13-18(14-12-17)22(23(29)25-19-7-3-4-8-19)28(20-9-5-6-10-20)24(30)21-15-31-27-26-21/h11-16,19-20,22H,3-10H2,1-2H3,(H,25,29)/t22-/m0/s1. The predicted octanol–water partition coefficient (Wildman–Crippen LogP) is 4.85. The first-order chi connectivity index (χ1) is 15.0. The number of hydrogen-bond donors (Lipinski definition) is 1. The first kappa shape index (κ1) is 21.9. The van der Waals surface area contributed by atoms with E-state index >= 15 is 0 Å². The van der Waals surface area contributed by atoms with Crippen molar-refractivity contribution in [2.24, 2.45) is 0 Å². The highest BCUT2D eigenvalue weighted by atomic mass is 32.1. The van der Waals surface area contributed by atoms with Crippen LogP contribution in [0.5, 0.6) is 0 Å². The lowest BCUT2D eigenvalue weighted by atomic mass is 9.96. The van der Waals surface area contributed by atoms with Gasteiger partial charge >= 0.3 is 0 Å². The second kappa shape index (κ2) is 9.90. The molecule has 1 aromatic heterocycles. The average molecular weight is 441 g/mol. The molecule has 6 nitrogen and oxygen atoms in total. The van der Waals surface area contributed by atoms with Crippen molar-refractivity contribution in [1.29, 1.82) is 0 Å². The summed E-state index contributed by atoms with van der Waals surface area (Å²) in [7, 11) is 0. The first-order valence-corrected chi connectivity index (χ1v) is 12.4. The van der Waals surface area contributed by atoms with Gasteiger partial charge in [-0.3, -0.25) is 9.59 Å². The first-order valence-electron chi connectivity index (χ1n) is 11.5. The van der Waals surface area contributed by atoms with Crippen molar-refractivity contribution in [2.75, 3.05) is 0 Å². The van der Waals surface area contributed by atoms with Gasteiger partial charge in [0.25, 0.3) is 5.91 Å². The molecule has 0 radical (unpaired) electrons. The number of nitrogens with zero attached hydrogens (tertiary/aromatic N) is 3. The largest absolute Gasteiger partial charge is 0.351 e. The normalized spacial score (nSPS) is 18.4. The van der Waals surface area contributed by atoms with Crippen LogP contribution in [-0.2, 0) is 4.79 Å². The van der Waals surface area contributed by atoms with Gasteiger partial charge in [0, 0.05) is 17.5 Å². The highest BCUT2D eigenvalue weighted by molar-refractivity contribution is 7.03. The number of hydrogen-bond acceptors (Lipinski definition) is 5. The minimum absolute atomic E-state index is 0.0401. The van der Waals surface area contributed by atoms with Gasteiger partial charge in [-0.1, -0.05) is 68.3 Å². The van der Waals surface area contributed by atoms with Crippen molar-refractivity contribution < 1.29 is 9.59 Å². The van der Waals surface area contributed by atoms with Crippen molar-refractivity contribution in [3.8, 4) is 0 Å². The predicted molar refractivity (Wildman–Crippen MR) is 122 cm³/mol. The Morgan fingerprint density at radius 3 is 2.19 bits per heavy atom. The number of aromatic nitrogens is 2. The van der Waals surface area contributed by atoms with Crippen molar-refractivity contribution in [1.82, 2.24) is 19.8 Å². The molecule has 1 atom stereocenters. The van der Waals surface area contributed by atoms with E-state index in [9.17, 15) is 9.59 Å². The molecule has 2 amide bonds. The molecule has 0 bridgehead atoms. The van der Waals surface area contributed by atoms with Gasteiger partial charge in [0.15, 0.2) is 5.69 Å². The SMILES string of the molecule is CC(C)c1ccc([C@@H](C(=O)NC2CCCC2)N(C(=O)c2csnn2)C2CCCC2)cc1. The fourth-order valence-corrected chi connectivity index (χ4v) is 5.35. The molecule has 2 aromatic rings. The zero-order valence-corrected chi connectivity index (χ0v) is 19.2. The van der Waals surface area contributed by atoms with Gasteiger partial charge in [-0.25, -0.2) is 0 Å². The molecule has 166 valence electrons. The van der Waals surface area contributed by atoms with Crippen LogP contribution in [0.3, 0.4) is 0 Å². The van der Waals surface area contributed by atoms with E-state index in [0.29, 0.717) is 11.6 Å². The molecule has 1 N–H and O–H groups in total. The maximum atomic E-state index is 13.7. The summed E-state index contributed by atoms with van der Waals surface area (Å²) in [6.07, 6.45) is 8.31. The molecule has 0 aliphatic heterocycles. The Balaban J connectivity index is 1.71. The summed E-state index contributed by atoms with van der Waals surface area (Å²) < 4.78 is 3.89. The van der Waals surface area contributed by atoms with Crippen LogP contribution in [0, 0.1) is 0 Å². The lowest BCUT2D eigenvalue weighted by molar-refractivity contribution is -0.127. The van der Waals surface area contributed by atoms with Crippen LogP contribution in [0.15, 0.2) is 29.6 Å². The molecule has 0 saturated heterocycles. The molecule has 1 aromatic carbocycles. The molecule has 0 unspecified atom stereocenters. The Hall–Kier alpha value is -2.28. The molecule has 1 heterocycles. The summed E-state index contributed by atoms with van der Waals surface area (Å²) in [6, 6.07) is 7.78. The molecular weight excluding hydrogens is 408 g/mol. The van der Waals surface area contributed by atoms with Crippen LogP contribution in [0.4, 0.5) is 0 Å². The molecule has 4 rings (SSSR count). The quantitative estimate of drug-likeness (QED) is 0.668. The van der Waals surface area contributed by atoms with Crippen LogP contribution in [0.2, 0.25) is 0 Å². The average Bonchev–Trinajstić information content (AvgIpc) is 3.55. The van der Waals surface area contributed by atoms with E-state index in [2.05, 4.69) is 40.9 Å². The van der Waals surface area contributed by atoms with E-state index in [-0.39, 0.29) is 23.9 Å². The summed E-state index contributed by atoms with van der Waals surface area (Å²) in [4.78, 5) is 29.0. The third-order valence-corrected chi connectivity index (χ3v) is 7.18. The lowest BCUT2D eigenvalue weighted by Gasteiger charge is -2.36. The van der Waals surface area contributed by atoms with Gasteiger partial charge in [0.2, 0.25) is 5.91 Å². The van der Waals surface area contributed by atoms with Gasteiger partial charge in [0.05, 0.1) is 0 Å². The van der Waals surface area contributed by atoms with Crippen LogP contribution in [-0.4, -0.2) is 38.4 Å². The maximum absolute atomic E-state index is 13.7. The van der Waals surface area contributed by atoms with E-state index in [1.165, 1.54) is 17.1 Å². The highest BCUT2D eigenvalue weighted by Gasteiger charge is 2.39. The van der Waals surface area contributed by atoms with Crippen molar-refractivity contribution in [3.05, 3.63) is 46.5 Å². The Labute approximate surface area is 188 Å². The fraction of sp³-hybridized carbons (Fsp3) is 0.583. The van der Waals surface area contributed by atoms with Crippen LogP contribution >= 0.6 is 11.5 Å². The lowest BCUT2D eigenvalue weighted by Crippen LogP contribution is -2.49. The Kier molecular flexibility index (Phi) is 7.00. The molecular formula is C24H32N4O2S. The van der Waals surface area contributed by atoms with Crippen molar-refractivity contribution in [3.63, 3.8) is 0 Å². The van der Waals surface area contributed by atoms with Crippen LogP contribution in [0.1, 0.15) is 98.8 Å². The van der Waals surface area contributed by atoms with Crippen LogP contribution in [0.25, 0.3) is 0 Å². The minimum atomic E-state index is -0.654. The molecule has 2 aliphatic carbocycles. The van der Waals surface area contributed by atoms with E-state index in [0.717, 1.165) is 56.9 Å². The number of carbonyl (C=O) groups excluding carboxylic acids is 2. The highest BCUT2D eigenvalue weighted by Crippen LogP contribution is 2.34. The minimum Gasteiger partial charge on any atom is -0.351 e. The molecule has 2 fully saturated rings. The van der Waals surface area contributed by atoms with E-state index in [4.69, 9.17) is 0 Å². The van der Waals surface area contributed by atoms with Crippen molar-refractivity contribution in [2.45, 2.75) is 89.3 Å². The van der Waals surface area contributed by atoms with E-state index in [1.54, 1.807) is 10.3 Å². The zero-order chi connectivity index (χ0) is 21.8. The molecule has 2 aliphatic rings. The number of benzene rings is 1. The summed E-state index contributed by atoms with van der Waals surface area (Å²) in [5, 5.41) is 8.96. The van der Waals surface area contributed by atoms with Gasteiger partial charge in [-0.05, 0) is 54.3 Å². The zero-order valence-electron chi connectivity index (χ0n) is 18.4. The molecule has 0 spiro atoms. The van der Waals surface area contributed by atoms with Gasteiger partial charge in [-0.2, -0.15) is 0 Å². The van der Waals surface area contributed by atoms with Gasteiger partial charge in [-0.15, -0.1) is 5.10 Å². The van der Waals surface area contributed by atoms with Crippen LogP contribution < -0.4 is 5.32 Å². The molecule has 31 heavy (non-hydrogen) atoms. The summed E-state index contributed by atoms with van der Waals surface area (Å²) in [5.74, 6) is 0.140. The van der Waals surface area contributed by atoms with E-state index in [1.807, 2.05) is 12.1 Å². The molecule has 7 heteroatoms. The number of carbonyl (C=O) groups is 2. The Morgan fingerprint density at radius 1 is 1.00 bits per heavy atom. The number of nitrogens with one attached hydrogen (secondary N) is 1. The third-order valence-electron chi connectivity index (χ3n) is 6.68. The van der Waals surface area contributed by atoms with Gasteiger partial charge in [0.1, 0.15) is 6.04 Å². The summed E-state index contributed by atoms with van der Waals surface area (Å²) in [5.41, 5.74) is 2.42. The molecule has 2 saturated carbocycles. The second-order valence-electron chi connectivity index (χ2n) is 9.15. The second-order valence-corrected chi connectivity index (χ2v) is 9.76. The third kappa shape index (κ3) is 4.97. The smallest absolute Gasteiger partial charge is 0.276 e. The van der Waals surface area contributed by atoms with Gasteiger partial charge < -0.3 is 10.2 Å². The summed E-state index contributed by atoms with van der Waals surface area (Å²) in [6.45, 7) is 4.31. The Morgan fingerprint density at radius 2 is 1.61 bits per heavy atom. The van der Waals surface area contributed by atoms with Crippen molar-refractivity contribution >= 4 is 23.3 Å². The number of rotatable bonds is 7. The summed E-state index contributed by atoms with van der Waals surface area (Å²) >= 11 is 1.17. The number of amides is 2. The topological polar surface area (TPSA) is 75.2 Å². The monoisotopic (exact) mass is 440 g/mol. The maximum Gasteiger partial charge on any atom is 0.276 e.